The van der Waals surface area contributed by atoms with Crippen LogP contribution in [0.1, 0.15) is 26.7 Å². The maximum absolute atomic E-state index is 13.2. The summed E-state index contributed by atoms with van der Waals surface area (Å²) in [5.74, 6) is 0.0678. The minimum Gasteiger partial charge on any atom is -0.453 e. The number of hydrogen-bond donors (Lipinski definition) is 3. The van der Waals surface area contributed by atoms with Crippen molar-refractivity contribution in [2.75, 3.05) is 24.7 Å². The Labute approximate surface area is 209 Å². The highest BCUT2D eigenvalue weighted by molar-refractivity contribution is 5.98. The summed E-state index contributed by atoms with van der Waals surface area (Å²) in [5.41, 5.74) is 7.65. The normalized spacial score (nSPS) is 16.1. The van der Waals surface area contributed by atoms with E-state index < -0.39 is 18.2 Å². The highest BCUT2D eigenvalue weighted by atomic mass is 16.5. The Bertz CT molecular complexity index is 1280. The molecular formula is C26H30N6O4. The number of ether oxygens (including phenoxy) is 1. The summed E-state index contributed by atoms with van der Waals surface area (Å²) in [4.78, 5) is 48.0. The third kappa shape index (κ3) is 5.37. The lowest BCUT2D eigenvalue weighted by Crippen LogP contribution is -2.54. The van der Waals surface area contributed by atoms with Crippen molar-refractivity contribution in [3.8, 4) is 11.1 Å². The van der Waals surface area contributed by atoms with Gasteiger partial charge in [-0.05, 0) is 54.0 Å². The number of aromatic nitrogens is 2. The van der Waals surface area contributed by atoms with Crippen LogP contribution in [0.5, 0.6) is 0 Å². The van der Waals surface area contributed by atoms with Gasteiger partial charge in [0.15, 0.2) is 0 Å². The quantitative estimate of drug-likeness (QED) is 0.482. The first kappa shape index (κ1) is 24.9. The number of carbonyl (C=O) groups is 3. The number of nitrogens with zero attached hydrogens (tertiary/aromatic N) is 3. The number of nitrogen functional groups attached to an aromatic ring is 1. The summed E-state index contributed by atoms with van der Waals surface area (Å²) in [6.45, 7) is 4.10. The van der Waals surface area contributed by atoms with Gasteiger partial charge in [0.1, 0.15) is 23.7 Å². The van der Waals surface area contributed by atoms with E-state index in [0.717, 1.165) is 21.9 Å². The Hall–Kier alpha value is -4.21. The molecule has 4 N–H and O–H groups in total. The molecule has 1 saturated heterocycles. The van der Waals surface area contributed by atoms with E-state index >= 15 is 0 Å². The Kier molecular flexibility index (Phi) is 7.33. The first-order valence-electron chi connectivity index (χ1n) is 11.8. The lowest BCUT2D eigenvalue weighted by atomic mass is 10.0. The maximum Gasteiger partial charge on any atom is 0.407 e. The zero-order chi connectivity index (χ0) is 25.8. The minimum absolute atomic E-state index is 0.169. The van der Waals surface area contributed by atoms with Crippen LogP contribution in [0.25, 0.3) is 21.9 Å². The number of rotatable bonds is 6. The summed E-state index contributed by atoms with van der Waals surface area (Å²) in [5, 5.41) is 7.37. The molecule has 36 heavy (non-hydrogen) atoms. The summed E-state index contributed by atoms with van der Waals surface area (Å²) in [7, 11) is 1.24. The van der Waals surface area contributed by atoms with Gasteiger partial charge in [-0.15, -0.1) is 0 Å². The molecular weight excluding hydrogens is 460 g/mol. The number of pyridine rings is 2. The van der Waals surface area contributed by atoms with Gasteiger partial charge in [-0.2, -0.15) is 0 Å². The van der Waals surface area contributed by atoms with Crippen LogP contribution in [-0.4, -0.2) is 58.5 Å². The van der Waals surface area contributed by atoms with Gasteiger partial charge in [0, 0.05) is 29.9 Å². The second-order valence-corrected chi connectivity index (χ2v) is 9.14. The van der Waals surface area contributed by atoms with Crippen LogP contribution >= 0.6 is 0 Å². The topological polar surface area (TPSA) is 140 Å². The minimum atomic E-state index is -0.781. The van der Waals surface area contributed by atoms with E-state index in [4.69, 9.17) is 5.73 Å². The number of methoxy groups -OCH3 is 1. The van der Waals surface area contributed by atoms with E-state index in [1.807, 2.05) is 44.2 Å². The molecule has 2 atom stereocenters. The SMILES string of the molecule is COC(=O)NC(C(=O)N1CCCC1C(=O)Nc1ccc(-c2ccc3cnc(N)cc3c2)cn1)C(C)C. The van der Waals surface area contributed by atoms with Gasteiger partial charge in [-0.1, -0.05) is 26.0 Å². The monoisotopic (exact) mass is 490 g/mol. The maximum atomic E-state index is 13.2. The molecule has 0 bridgehead atoms. The molecule has 3 aromatic rings. The van der Waals surface area contributed by atoms with Crippen molar-refractivity contribution in [2.24, 2.45) is 5.92 Å². The smallest absolute Gasteiger partial charge is 0.407 e. The molecule has 3 amide bonds. The third-order valence-electron chi connectivity index (χ3n) is 6.32. The number of nitrogens with two attached hydrogens (primary N) is 1. The molecule has 1 aromatic carbocycles. The highest BCUT2D eigenvalue weighted by Gasteiger charge is 2.38. The van der Waals surface area contributed by atoms with Crippen LogP contribution in [0.2, 0.25) is 0 Å². The second kappa shape index (κ2) is 10.6. The predicted octanol–water partition coefficient (Wildman–Crippen LogP) is 3.19. The Morgan fingerprint density at radius 1 is 1.06 bits per heavy atom. The standard InChI is InChI=1S/C26H30N6O4/c1-15(2)23(31-26(35)36-3)25(34)32-10-4-5-20(32)24(33)30-22-9-8-17(14-29-22)16-6-7-18-13-28-21(27)12-19(18)11-16/h6-9,11-15,20,23H,4-5,10H2,1-3H3,(H2,27,28)(H,31,35)(H,29,30,33). The van der Waals surface area contributed by atoms with Gasteiger partial charge in [0.25, 0.3) is 0 Å². The lowest BCUT2D eigenvalue weighted by Gasteiger charge is -2.30. The van der Waals surface area contributed by atoms with Crippen LogP contribution in [0.4, 0.5) is 16.4 Å². The molecule has 0 aliphatic carbocycles. The summed E-state index contributed by atoms with van der Waals surface area (Å²) in [6.07, 6.45) is 3.97. The molecule has 0 radical (unpaired) electrons. The largest absolute Gasteiger partial charge is 0.453 e. The zero-order valence-electron chi connectivity index (χ0n) is 20.5. The number of carbonyl (C=O) groups excluding carboxylic acids is 3. The molecule has 10 heteroatoms. The first-order chi connectivity index (χ1) is 17.3. The molecule has 4 rings (SSSR count). The number of hydrogen-bond acceptors (Lipinski definition) is 7. The summed E-state index contributed by atoms with van der Waals surface area (Å²) in [6, 6.07) is 9.97. The third-order valence-corrected chi connectivity index (χ3v) is 6.32. The Morgan fingerprint density at radius 3 is 2.53 bits per heavy atom. The molecule has 0 saturated carbocycles. The van der Waals surface area contributed by atoms with Gasteiger partial charge in [-0.25, -0.2) is 14.8 Å². The molecule has 3 heterocycles. The molecule has 2 aromatic heterocycles. The number of benzene rings is 1. The van der Waals surface area contributed by atoms with E-state index in [9.17, 15) is 14.4 Å². The van der Waals surface area contributed by atoms with Crippen LogP contribution in [0.3, 0.4) is 0 Å². The van der Waals surface area contributed by atoms with Gasteiger partial charge in [-0.3, -0.25) is 9.59 Å². The highest BCUT2D eigenvalue weighted by Crippen LogP contribution is 2.26. The van der Waals surface area contributed by atoms with E-state index in [2.05, 4.69) is 25.3 Å². The van der Waals surface area contributed by atoms with Gasteiger partial charge >= 0.3 is 6.09 Å². The number of nitrogens with one attached hydrogen (secondary N) is 2. The van der Waals surface area contributed by atoms with Crippen LogP contribution in [0, 0.1) is 5.92 Å². The van der Waals surface area contributed by atoms with Crippen molar-refractivity contribution in [2.45, 2.75) is 38.8 Å². The average molecular weight is 491 g/mol. The van der Waals surface area contributed by atoms with Gasteiger partial charge in [0.2, 0.25) is 11.8 Å². The Morgan fingerprint density at radius 2 is 1.83 bits per heavy atom. The second-order valence-electron chi connectivity index (χ2n) is 9.14. The van der Waals surface area contributed by atoms with Crippen molar-refractivity contribution in [3.05, 3.63) is 48.8 Å². The predicted molar refractivity (Wildman–Crippen MR) is 137 cm³/mol. The van der Waals surface area contributed by atoms with E-state index in [-0.39, 0.29) is 17.7 Å². The number of amides is 3. The van der Waals surface area contributed by atoms with E-state index in [0.29, 0.717) is 31.0 Å². The average Bonchev–Trinajstić information content (AvgIpc) is 3.37. The lowest BCUT2D eigenvalue weighted by molar-refractivity contribution is -0.139. The van der Waals surface area contributed by atoms with E-state index in [1.54, 1.807) is 18.5 Å². The molecule has 1 aliphatic rings. The zero-order valence-corrected chi connectivity index (χ0v) is 20.5. The van der Waals surface area contributed by atoms with E-state index in [1.165, 1.54) is 12.0 Å². The van der Waals surface area contributed by atoms with Crippen molar-refractivity contribution in [1.29, 1.82) is 0 Å². The van der Waals surface area contributed by atoms with Crippen molar-refractivity contribution in [3.63, 3.8) is 0 Å². The van der Waals surface area contributed by atoms with Crippen LogP contribution in [0.15, 0.2) is 48.8 Å². The van der Waals surface area contributed by atoms with Crippen molar-refractivity contribution < 1.29 is 19.1 Å². The summed E-state index contributed by atoms with van der Waals surface area (Å²) < 4.78 is 4.65. The molecule has 1 fully saturated rings. The van der Waals surface area contributed by atoms with Gasteiger partial charge in [0.05, 0.1) is 7.11 Å². The molecule has 10 nitrogen and oxygen atoms in total. The van der Waals surface area contributed by atoms with Crippen LogP contribution in [-0.2, 0) is 14.3 Å². The Balaban J connectivity index is 1.45. The molecule has 1 aliphatic heterocycles. The van der Waals surface area contributed by atoms with Gasteiger partial charge < -0.3 is 26.0 Å². The fraction of sp³-hybridized carbons (Fsp3) is 0.346. The first-order valence-corrected chi connectivity index (χ1v) is 11.8. The number of likely N-dealkylation sites (tertiary alicyclic amines) is 1. The number of fused-ring (bicyclic) bond motifs is 1. The molecule has 188 valence electrons. The van der Waals surface area contributed by atoms with Crippen molar-refractivity contribution in [1.82, 2.24) is 20.2 Å². The molecule has 0 spiro atoms. The summed E-state index contributed by atoms with van der Waals surface area (Å²) >= 11 is 0. The van der Waals surface area contributed by atoms with Crippen LogP contribution < -0.4 is 16.4 Å². The fourth-order valence-electron chi connectivity index (χ4n) is 4.37. The number of anilines is 2. The number of alkyl carbamates (subject to hydrolysis) is 1. The fourth-order valence-corrected chi connectivity index (χ4v) is 4.37. The van der Waals surface area contributed by atoms with Crippen molar-refractivity contribution >= 4 is 40.3 Å². The molecule has 2 unspecified atom stereocenters.